The van der Waals surface area contributed by atoms with Crippen LogP contribution in [0.4, 0.5) is 0 Å². The van der Waals surface area contributed by atoms with Crippen LogP contribution >= 0.6 is 55.1 Å². The molecular weight excluding hydrogens is 579 g/mol. The molecule has 0 aliphatic heterocycles. The molecule has 0 fully saturated rings. The van der Waals surface area contributed by atoms with E-state index in [0.29, 0.717) is 15.8 Å². The van der Waals surface area contributed by atoms with E-state index in [-0.39, 0.29) is 18.9 Å². The molecule has 4 nitrogen and oxygen atoms in total. The van der Waals surface area contributed by atoms with Gasteiger partial charge in [-0.2, -0.15) is 5.10 Å². The smallest absolute Gasteiger partial charge is 0.244 e. The van der Waals surface area contributed by atoms with E-state index in [2.05, 4.69) is 48.5 Å². The molecule has 32 heavy (non-hydrogen) atoms. The van der Waals surface area contributed by atoms with Crippen molar-refractivity contribution < 1.29 is 9.53 Å². The van der Waals surface area contributed by atoms with Crippen LogP contribution in [0.2, 0.25) is 10.0 Å². The lowest BCUT2D eigenvalue weighted by Crippen LogP contribution is -2.20. The van der Waals surface area contributed by atoms with Crippen molar-refractivity contribution in [2.45, 2.75) is 26.9 Å². The first-order valence-corrected chi connectivity index (χ1v) is 12.0. The van der Waals surface area contributed by atoms with E-state index in [0.717, 1.165) is 31.2 Å². The van der Waals surface area contributed by atoms with Crippen molar-refractivity contribution in [1.29, 1.82) is 0 Å². The van der Waals surface area contributed by atoms with Crippen LogP contribution in [-0.4, -0.2) is 12.1 Å². The molecule has 1 amide bonds. The quantitative estimate of drug-likeness (QED) is 0.227. The standard InChI is InChI=1S/C24H20Br2Cl2N2O2/c1-14-3-4-17(15(2)7-14)10-23(31)30-29-12-16-8-20(25)24(21(26)9-16)32-13-18-5-6-19(27)11-22(18)28/h3-9,11-12H,10,13H2,1-2H3,(H,30,31)/b29-12-. The summed E-state index contributed by atoms with van der Waals surface area (Å²) in [5, 5.41) is 5.19. The first-order chi connectivity index (χ1) is 15.2. The van der Waals surface area contributed by atoms with Crippen LogP contribution in [0, 0.1) is 13.8 Å². The third kappa shape index (κ3) is 6.82. The zero-order valence-corrected chi connectivity index (χ0v) is 22.1. The summed E-state index contributed by atoms with van der Waals surface area (Å²) in [6, 6.07) is 15.0. The molecule has 0 saturated heterocycles. The maximum atomic E-state index is 12.2. The number of hydrazone groups is 1. The normalized spacial score (nSPS) is 11.1. The summed E-state index contributed by atoms with van der Waals surface area (Å²) >= 11 is 19.2. The van der Waals surface area contributed by atoms with Crippen molar-refractivity contribution in [2.24, 2.45) is 5.10 Å². The van der Waals surface area contributed by atoms with Gasteiger partial charge in [0.1, 0.15) is 12.4 Å². The first-order valence-electron chi connectivity index (χ1n) is 9.66. The molecule has 0 bridgehead atoms. The van der Waals surface area contributed by atoms with Gasteiger partial charge in [-0.1, -0.05) is 53.0 Å². The van der Waals surface area contributed by atoms with Crippen molar-refractivity contribution in [3.05, 3.63) is 95.3 Å². The molecule has 0 spiro atoms. The average molecular weight is 599 g/mol. The largest absolute Gasteiger partial charge is 0.486 e. The fourth-order valence-electron chi connectivity index (χ4n) is 3.02. The molecule has 0 unspecified atom stereocenters. The molecule has 0 aromatic heterocycles. The Morgan fingerprint density at radius 2 is 1.72 bits per heavy atom. The second-order valence-electron chi connectivity index (χ2n) is 7.24. The lowest BCUT2D eigenvalue weighted by Gasteiger charge is -2.12. The van der Waals surface area contributed by atoms with E-state index in [4.69, 9.17) is 27.9 Å². The van der Waals surface area contributed by atoms with Gasteiger partial charge in [0.2, 0.25) is 5.91 Å². The van der Waals surface area contributed by atoms with Crippen LogP contribution in [0.15, 0.2) is 62.6 Å². The molecule has 3 rings (SSSR count). The molecule has 0 heterocycles. The van der Waals surface area contributed by atoms with E-state index in [1.165, 1.54) is 5.56 Å². The summed E-state index contributed by atoms with van der Waals surface area (Å²) in [6.07, 6.45) is 1.85. The summed E-state index contributed by atoms with van der Waals surface area (Å²) in [5.74, 6) is 0.457. The summed E-state index contributed by atoms with van der Waals surface area (Å²) in [5.41, 5.74) is 7.43. The first kappa shape index (κ1) is 24.8. The summed E-state index contributed by atoms with van der Waals surface area (Å²) in [7, 11) is 0. The molecule has 8 heteroatoms. The molecule has 0 aliphatic rings. The lowest BCUT2D eigenvalue weighted by atomic mass is 10.0. The number of carbonyl (C=O) groups is 1. The minimum Gasteiger partial charge on any atom is -0.486 e. The zero-order valence-electron chi connectivity index (χ0n) is 17.4. The van der Waals surface area contributed by atoms with Gasteiger partial charge < -0.3 is 4.74 Å². The maximum absolute atomic E-state index is 12.2. The summed E-state index contributed by atoms with van der Waals surface area (Å²) < 4.78 is 7.39. The number of aryl methyl sites for hydroxylation is 2. The minimum absolute atomic E-state index is 0.175. The topological polar surface area (TPSA) is 50.7 Å². The lowest BCUT2D eigenvalue weighted by molar-refractivity contribution is -0.120. The Balaban J connectivity index is 1.61. The van der Waals surface area contributed by atoms with Crippen LogP contribution in [-0.2, 0) is 17.8 Å². The minimum atomic E-state index is -0.175. The van der Waals surface area contributed by atoms with Crippen molar-refractivity contribution >= 4 is 67.2 Å². The third-order valence-electron chi connectivity index (χ3n) is 4.66. The number of nitrogens with one attached hydrogen (secondary N) is 1. The second-order valence-corrected chi connectivity index (χ2v) is 9.79. The number of halogens is 4. The molecule has 3 aromatic rings. The summed E-state index contributed by atoms with van der Waals surface area (Å²) in [4.78, 5) is 12.2. The van der Waals surface area contributed by atoms with Gasteiger partial charge in [0, 0.05) is 15.6 Å². The molecule has 3 aromatic carbocycles. The van der Waals surface area contributed by atoms with Crippen LogP contribution in [0.1, 0.15) is 27.8 Å². The van der Waals surface area contributed by atoms with Gasteiger partial charge in [-0.15, -0.1) is 0 Å². The number of benzene rings is 3. The molecule has 0 saturated carbocycles. The second kappa shape index (κ2) is 11.3. The third-order valence-corrected chi connectivity index (χ3v) is 6.42. The predicted octanol–water partition coefficient (Wildman–Crippen LogP) is 7.41. The Kier molecular flexibility index (Phi) is 8.77. The Bertz CT molecular complexity index is 1160. The summed E-state index contributed by atoms with van der Waals surface area (Å²) in [6.45, 7) is 4.31. The molecular formula is C24H20Br2Cl2N2O2. The van der Waals surface area contributed by atoms with Gasteiger partial charge >= 0.3 is 0 Å². The van der Waals surface area contributed by atoms with Gasteiger partial charge in [-0.05, 0) is 86.7 Å². The molecule has 0 atom stereocenters. The Morgan fingerprint density at radius 3 is 2.38 bits per heavy atom. The number of nitrogens with zero attached hydrogens (tertiary/aromatic N) is 1. The number of carbonyl (C=O) groups excluding carboxylic acids is 1. The van der Waals surface area contributed by atoms with Crippen LogP contribution < -0.4 is 10.2 Å². The van der Waals surface area contributed by atoms with Gasteiger partial charge in [0.15, 0.2) is 0 Å². The SMILES string of the molecule is Cc1ccc(CC(=O)N/N=C\c2cc(Br)c(OCc3ccc(Cl)cc3Cl)c(Br)c2)c(C)c1. The fraction of sp³-hybridized carbons (Fsp3) is 0.167. The molecule has 166 valence electrons. The van der Waals surface area contributed by atoms with Crippen LogP contribution in [0.3, 0.4) is 0 Å². The monoisotopic (exact) mass is 596 g/mol. The average Bonchev–Trinajstić information content (AvgIpc) is 2.71. The highest BCUT2D eigenvalue weighted by molar-refractivity contribution is 9.11. The Hall–Kier alpha value is -1.86. The van der Waals surface area contributed by atoms with E-state index in [1.54, 1.807) is 18.3 Å². The number of hydrogen-bond acceptors (Lipinski definition) is 3. The van der Waals surface area contributed by atoms with Crippen LogP contribution in [0.25, 0.3) is 0 Å². The highest BCUT2D eigenvalue weighted by Crippen LogP contribution is 2.35. The highest BCUT2D eigenvalue weighted by atomic mass is 79.9. The maximum Gasteiger partial charge on any atom is 0.244 e. The number of hydrogen-bond donors (Lipinski definition) is 1. The van der Waals surface area contributed by atoms with Crippen molar-refractivity contribution in [3.63, 3.8) is 0 Å². The van der Waals surface area contributed by atoms with Crippen LogP contribution in [0.5, 0.6) is 5.75 Å². The van der Waals surface area contributed by atoms with E-state index in [9.17, 15) is 4.79 Å². The van der Waals surface area contributed by atoms with Crippen molar-refractivity contribution in [2.75, 3.05) is 0 Å². The number of ether oxygens (including phenoxy) is 1. The number of rotatable bonds is 7. The van der Waals surface area contributed by atoms with Gasteiger partial charge in [0.05, 0.1) is 21.6 Å². The molecule has 1 N–H and O–H groups in total. The van der Waals surface area contributed by atoms with Gasteiger partial charge in [-0.3, -0.25) is 4.79 Å². The van der Waals surface area contributed by atoms with Crippen molar-refractivity contribution in [1.82, 2.24) is 5.43 Å². The predicted molar refractivity (Wildman–Crippen MR) is 138 cm³/mol. The van der Waals surface area contributed by atoms with E-state index < -0.39 is 0 Å². The Morgan fingerprint density at radius 1 is 1.03 bits per heavy atom. The fourth-order valence-corrected chi connectivity index (χ4v) is 4.93. The van der Waals surface area contributed by atoms with E-state index >= 15 is 0 Å². The van der Waals surface area contributed by atoms with Gasteiger partial charge in [-0.25, -0.2) is 5.43 Å². The zero-order chi connectivity index (χ0) is 23.3. The van der Waals surface area contributed by atoms with Gasteiger partial charge in [0.25, 0.3) is 0 Å². The number of amides is 1. The molecule has 0 radical (unpaired) electrons. The Labute approximate surface area is 214 Å². The van der Waals surface area contributed by atoms with Crippen molar-refractivity contribution in [3.8, 4) is 5.75 Å². The highest BCUT2D eigenvalue weighted by Gasteiger charge is 2.11. The molecule has 0 aliphatic carbocycles. The van der Waals surface area contributed by atoms with E-state index in [1.807, 2.05) is 44.2 Å².